The molecule has 0 amide bonds. The number of hydrogen-bond donors (Lipinski definition) is 1. The predicted octanol–water partition coefficient (Wildman–Crippen LogP) is 1.01. The Hall–Kier alpha value is -1.13. The molecule has 1 aromatic carbocycles. The molecule has 0 atom stereocenters. The molecule has 2 rings (SSSR count). The minimum absolute atomic E-state index is 0.232. The Balaban J connectivity index is 2.08. The summed E-state index contributed by atoms with van der Waals surface area (Å²) in [6.45, 7) is 1.93. The lowest BCUT2D eigenvalue weighted by molar-refractivity contribution is -0.00325. The van der Waals surface area contributed by atoms with Gasteiger partial charge in [-0.1, -0.05) is 0 Å². The molecule has 1 aromatic rings. The van der Waals surface area contributed by atoms with Gasteiger partial charge >= 0.3 is 0 Å². The summed E-state index contributed by atoms with van der Waals surface area (Å²) in [5.74, 6) is 0.435. The highest BCUT2D eigenvalue weighted by molar-refractivity contribution is 5.34. The van der Waals surface area contributed by atoms with Crippen LogP contribution in [-0.4, -0.2) is 36.3 Å². The van der Waals surface area contributed by atoms with Crippen molar-refractivity contribution in [3.8, 4) is 5.75 Å². The van der Waals surface area contributed by atoms with Crippen molar-refractivity contribution < 1.29 is 14.2 Å². The van der Waals surface area contributed by atoms with E-state index >= 15 is 0 Å². The van der Waals surface area contributed by atoms with Gasteiger partial charge in [-0.05, 0) is 18.2 Å². The normalized spacial score (nSPS) is 17.5. The van der Waals surface area contributed by atoms with Crippen molar-refractivity contribution in [2.75, 3.05) is 20.2 Å². The molecule has 1 aliphatic rings. The van der Waals surface area contributed by atoms with Crippen LogP contribution < -0.4 is 4.74 Å². The third-order valence-electron chi connectivity index (χ3n) is 2.57. The molecular formula is C11H14FNO2. The molecule has 1 fully saturated rings. The predicted molar refractivity (Wildman–Crippen MR) is 54.2 cm³/mol. The van der Waals surface area contributed by atoms with Crippen molar-refractivity contribution in [3.63, 3.8) is 0 Å². The van der Waals surface area contributed by atoms with Crippen LogP contribution in [0.15, 0.2) is 18.2 Å². The molecule has 0 bridgehead atoms. The molecule has 0 aliphatic carbocycles. The SMILES string of the molecule is COc1ccc(F)cc1CN1CC(O)C1. The van der Waals surface area contributed by atoms with E-state index in [1.807, 2.05) is 4.90 Å². The number of methoxy groups -OCH3 is 1. The van der Waals surface area contributed by atoms with Gasteiger partial charge in [-0.2, -0.15) is 0 Å². The number of aliphatic hydroxyl groups excluding tert-OH is 1. The zero-order valence-corrected chi connectivity index (χ0v) is 8.61. The lowest BCUT2D eigenvalue weighted by atomic mass is 10.1. The van der Waals surface area contributed by atoms with Crippen molar-refractivity contribution in [3.05, 3.63) is 29.6 Å². The number of aliphatic hydroxyl groups is 1. The third-order valence-corrected chi connectivity index (χ3v) is 2.57. The Kier molecular flexibility index (Phi) is 2.88. The second-order valence-corrected chi connectivity index (χ2v) is 3.80. The van der Waals surface area contributed by atoms with E-state index in [4.69, 9.17) is 9.84 Å². The second kappa shape index (κ2) is 4.16. The summed E-state index contributed by atoms with van der Waals surface area (Å²) >= 11 is 0. The van der Waals surface area contributed by atoms with Crippen LogP contribution in [0.5, 0.6) is 5.75 Å². The molecular weight excluding hydrogens is 197 g/mol. The summed E-state index contributed by atoms with van der Waals surface area (Å²) in [4.78, 5) is 2.04. The van der Waals surface area contributed by atoms with E-state index in [1.54, 1.807) is 13.2 Å². The first-order chi connectivity index (χ1) is 7.19. The molecule has 1 saturated heterocycles. The molecule has 0 spiro atoms. The van der Waals surface area contributed by atoms with Gasteiger partial charge in [0, 0.05) is 25.2 Å². The summed E-state index contributed by atoms with van der Waals surface area (Å²) < 4.78 is 18.1. The fraction of sp³-hybridized carbons (Fsp3) is 0.455. The lowest BCUT2D eigenvalue weighted by Crippen LogP contribution is -2.49. The van der Waals surface area contributed by atoms with E-state index in [9.17, 15) is 4.39 Å². The average molecular weight is 211 g/mol. The van der Waals surface area contributed by atoms with Crippen LogP contribution in [0.25, 0.3) is 0 Å². The van der Waals surface area contributed by atoms with E-state index in [2.05, 4.69) is 0 Å². The average Bonchev–Trinajstić information content (AvgIpc) is 2.16. The Morgan fingerprint density at radius 2 is 2.27 bits per heavy atom. The molecule has 1 aliphatic heterocycles. The Bertz CT molecular complexity index is 350. The molecule has 1 heterocycles. The highest BCUT2D eigenvalue weighted by Gasteiger charge is 2.24. The maximum atomic E-state index is 13.0. The molecule has 0 saturated carbocycles. The first-order valence-electron chi connectivity index (χ1n) is 4.92. The van der Waals surface area contributed by atoms with Crippen LogP contribution >= 0.6 is 0 Å². The van der Waals surface area contributed by atoms with Crippen LogP contribution in [0.3, 0.4) is 0 Å². The standard InChI is InChI=1S/C11H14FNO2/c1-15-11-3-2-9(12)4-8(11)5-13-6-10(14)7-13/h2-4,10,14H,5-7H2,1H3. The highest BCUT2D eigenvalue weighted by atomic mass is 19.1. The summed E-state index contributed by atoms with van der Waals surface area (Å²) in [7, 11) is 1.57. The zero-order chi connectivity index (χ0) is 10.8. The van der Waals surface area contributed by atoms with Gasteiger partial charge in [0.1, 0.15) is 11.6 Å². The lowest BCUT2D eigenvalue weighted by Gasteiger charge is -2.36. The number of benzene rings is 1. The van der Waals surface area contributed by atoms with Gasteiger partial charge in [0.25, 0.3) is 0 Å². The van der Waals surface area contributed by atoms with Crippen molar-refractivity contribution >= 4 is 0 Å². The van der Waals surface area contributed by atoms with Gasteiger partial charge in [-0.3, -0.25) is 4.90 Å². The van der Waals surface area contributed by atoms with Crippen molar-refractivity contribution in [1.29, 1.82) is 0 Å². The van der Waals surface area contributed by atoms with Crippen LogP contribution in [0.1, 0.15) is 5.56 Å². The highest BCUT2D eigenvalue weighted by Crippen LogP contribution is 2.23. The Morgan fingerprint density at radius 3 is 2.87 bits per heavy atom. The number of rotatable bonds is 3. The Morgan fingerprint density at radius 1 is 1.53 bits per heavy atom. The quantitative estimate of drug-likeness (QED) is 0.810. The fourth-order valence-corrected chi connectivity index (χ4v) is 1.78. The fourth-order valence-electron chi connectivity index (χ4n) is 1.78. The van der Waals surface area contributed by atoms with Crippen molar-refractivity contribution in [1.82, 2.24) is 4.90 Å². The third kappa shape index (κ3) is 2.27. The smallest absolute Gasteiger partial charge is 0.123 e. The molecule has 4 heteroatoms. The maximum absolute atomic E-state index is 13.0. The van der Waals surface area contributed by atoms with Gasteiger partial charge in [0.05, 0.1) is 13.2 Å². The largest absolute Gasteiger partial charge is 0.496 e. The first kappa shape index (κ1) is 10.4. The second-order valence-electron chi connectivity index (χ2n) is 3.80. The molecule has 82 valence electrons. The van der Waals surface area contributed by atoms with Crippen LogP contribution in [0.2, 0.25) is 0 Å². The molecule has 0 unspecified atom stereocenters. The van der Waals surface area contributed by atoms with Crippen molar-refractivity contribution in [2.24, 2.45) is 0 Å². The van der Waals surface area contributed by atoms with Crippen LogP contribution in [0.4, 0.5) is 4.39 Å². The number of β-amino-alcohol motifs (C(OH)–C–C–N with tert-alkyl or cyclic N) is 1. The van der Waals surface area contributed by atoms with E-state index in [1.165, 1.54) is 12.1 Å². The molecule has 3 nitrogen and oxygen atoms in total. The van der Waals surface area contributed by atoms with Gasteiger partial charge in [-0.25, -0.2) is 4.39 Å². The van der Waals surface area contributed by atoms with E-state index < -0.39 is 0 Å². The van der Waals surface area contributed by atoms with E-state index in [0.29, 0.717) is 25.4 Å². The van der Waals surface area contributed by atoms with Gasteiger partial charge in [0.2, 0.25) is 0 Å². The van der Waals surface area contributed by atoms with Crippen LogP contribution in [-0.2, 0) is 6.54 Å². The number of likely N-dealkylation sites (tertiary alicyclic amines) is 1. The Labute approximate surface area is 88.1 Å². The summed E-state index contributed by atoms with van der Waals surface area (Å²) in [5.41, 5.74) is 0.824. The van der Waals surface area contributed by atoms with Gasteiger partial charge in [0.15, 0.2) is 0 Å². The van der Waals surface area contributed by atoms with E-state index in [0.717, 1.165) is 5.56 Å². The number of ether oxygens (including phenoxy) is 1. The molecule has 1 N–H and O–H groups in total. The number of hydrogen-bond acceptors (Lipinski definition) is 3. The summed E-state index contributed by atoms with van der Waals surface area (Å²) in [5, 5.41) is 9.13. The molecule has 0 aromatic heterocycles. The minimum atomic E-state index is -0.258. The van der Waals surface area contributed by atoms with Crippen molar-refractivity contribution in [2.45, 2.75) is 12.6 Å². The first-order valence-corrected chi connectivity index (χ1v) is 4.92. The molecule has 0 radical (unpaired) electrons. The monoisotopic (exact) mass is 211 g/mol. The minimum Gasteiger partial charge on any atom is -0.496 e. The number of nitrogens with zero attached hydrogens (tertiary/aromatic N) is 1. The van der Waals surface area contributed by atoms with Gasteiger partial charge < -0.3 is 9.84 Å². The summed E-state index contributed by atoms with van der Waals surface area (Å²) in [6, 6.07) is 4.48. The molecule has 15 heavy (non-hydrogen) atoms. The zero-order valence-electron chi connectivity index (χ0n) is 8.61. The number of halogens is 1. The van der Waals surface area contributed by atoms with Crippen LogP contribution in [0, 0.1) is 5.82 Å². The topological polar surface area (TPSA) is 32.7 Å². The summed E-state index contributed by atoms with van der Waals surface area (Å²) in [6.07, 6.45) is -0.232. The maximum Gasteiger partial charge on any atom is 0.123 e. The van der Waals surface area contributed by atoms with Gasteiger partial charge in [-0.15, -0.1) is 0 Å². The van der Waals surface area contributed by atoms with E-state index in [-0.39, 0.29) is 11.9 Å².